The third-order valence-electron chi connectivity index (χ3n) is 4.82. The maximum absolute atomic E-state index is 12.5. The van der Waals surface area contributed by atoms with E-state index >= 15 is 0 Å². The molecule has 134 valence electrons. The summed E-state index contributed by atoms with van der Waals surface area (Å²) < 4.78 is 0. The summed E-state index contributed by atoms with van der Waals surface area (Å²) in [5, 5.41) is 5.22. The Morgan fingerprint density at radius 1 is 1.21 bits per heavy atom. The summed E-state index contributed by atoms with van der Waals surface area (Å²) in [6, 6.07) is 2.21. The summed E-state index contributed by atoms with van der Waals surface area (Å²) in [7, 11) is 4.06. The Morgan fingerprint density at radius 2 is 2.17 bits per heavy atom. The average Bonchev–Trinajstić information content (AvgIpc) is 3.23. The second-order valence-corrected chi connectivity index (χ2v) is 10.3. The molecule has 0 saturated carbocycles. The molecule has 1 atom stereocenters. The van der Waals surface area contributed by atoms with Gasteiger partial charge in [0.15, 0.2) is 0 Å². The Bertz CT molecular complexity index is 488. The number of thiophene rings is 1. The number of amides is 1. The Morgan fingerprint density at radius 3 is 2.96 bits per heavy atom. The van der Waals surface area contributed by atoms with Gasteiger partial charge in [-0.05, 0) is 48.1 Å². The van der Waals surface area contributed by atoms with Crippen molar-refractivity contribution in [1.82, 2.24) is 9.80 Å². The molecule has 0 N–H and O–H groups in total. The molecule has 3 heterocycles. The molecule has 1 amide bonds. The minimum Gasteiger partial charge on any atom is -0.341 e. The summed E-state index contributed by atoms with van der Waals surface area (Å²) in [5.74, 6) is 1.69. The Labute approximate surface area is 157 Å². The minimum absolute atomic E-state index is 0.376. The van der Waals surface area contributed by atoms with Crippen LogP contribution < -0.4 is 0 Å². The number of unbranched alkanes of at least 4 members (excludes halogenated alkanes) is 1. The highest BCUT2D eigenvalue weighted by atomic mass is 33.1. The van der Waals surface area contributed by atoms with Gasteiger partial charge in [0.1, 0.15) is 0 Å². The van der Waals surface area contributed by atoms with Crippen LogP contribution >= 0.6 is 32.9 Å². The van der Waals surface area contributed by atoms with E-state index < -0.39 is 0 Å². The summed E-state index contributed by atoms with van der Waals surface area (Å²) in [6.07, 6.45) is 6.77. The number of rotatable bonds is 7. The predicted octanol–water partition coefficient (Wildman–Crippen LogP) is 4.50. The van der Waals surface area contributed by atoms with Crippen molar-refractivity contribution in [3.63, 3.8) is 0 Å². The molecule has 0 radical (unpaired) electrons. The van der Waals surface area contributed by atoms with Crippen molar-refractivity contribution >= 4 is 38.8 Å². The zero-order valence-corrected chi connectivity index (χ0v) is 16.8. The van der Waals surface area contributed by atoms with Gasteiger partial charge in [-0.1, -0.05) is 28.0 Å². The highest BCUT2D eigenvalue weighted by molar-refractivity contribution is 8.77. The molecule has 2 fully saturated rings. The van der Waals surface area contributed by atoms with E-state index in [9.17, 15) is 4.79 Å². The third kappa shape index (κ3) is 5.97. The van der Waals surface area contributed by atoms with E-state index in [0.29, 0.717) is 5.91 Å². The van der Waals surface area contributed by atoms with Gasteiger partial charge in [-0.25, -0.2) is 0 Å². The molecule has 0 aromatic carbocycles. The molecule has 3 rings (SSSR count). The van der Waals surface area contributed by atoms with Crippen molar-refractivity contribution < 1.29 is 4.79 Å². The van der Waals surface area contributed by atoms with Gasteiger partial charge in [-0.3, -0.25) is 9.69 Å². The topological polar surface area (TPSA) is 23.6 Å². The van der Waals surface area contributed by atoms with Gasteiger partial charge >= 0.3 is 0 Å². The van der Waals surface area contributed by atoms with Gasteiger partial charge in [0.25, 0.3) is 0 Å². The number of hydrogen-bond donors (Lipinski definition) is 0. The van der Waals surface area contributed by atoms with Gasteiger partial charge in [-0.15, -0.1) is 0 Å². The monoisotopic (exact) mass is 384 g/mol. The van der Waals surface area contributed by atoms with Crippen molar-refractivity contribution in [2.45, 2.75) is 50.3 Å². The molecule has 2 saturated heterocycles. The number of carbonyl (C=O) groups excluding carboxylic acids is 1. The van der Waals surface area contributed by atoms with Gasteiger partial charge < -0.3 is 4.90 Å². The highest BCUT2D eigenvalue weighted by Gasteiger charge is 2.20. The van der Waals surface area contributed by atoms with Crippen LogP contribution in [0, 0.1) is 0 Å². The van der Waals surface area contributed by atoms with Crippen LogP contribution in [-0.4, -0.2) is 52.9 Å². The van der Waals surface area contributed by atoms with Crippen LogP contribution in [0.15, 0.2) is 16.8 Å². The lowest BCUT2D eigenvalue weighted by atomic mass is 10.1. The fraction of sp³-hybridized carbons (Fsp3) is 0.722. The standard InChI is InChI=1S/C18H28N2OS3/c21-18(5-2-1-4-17-7-13-23-24-17)20-9-3-8-19(10-11-20)14-16-6-12-22-15-16/h6,12,15,17H,1-5,7-11,13-14H2. The molecule has 6 heteroatoms. The van der Waals surface area contributed by atoms with E-state index in [1.54, 1.807) is 11.3 Å². The minimum atomic E-state index is 0.376. The summed E-state index contributed by atoms with van der Waals surface area (Å²) in [5.41, 5.74) is 1.41. The number of hydrogen-bond acceptors (Lipinski definition) is 5. The zero-order valence-electron chi connectivity index (χ0n) is 14.3. The van der Waals surface area contributed by atoms with Crippen molar-refractivity contribution in [3.05, 3.63) is 22.4 Å². The predicted molar refractivity (Wildman–Crippen MR) is 108 cm³/mol. The summed E-state index contributed by atoms with van der Waals surface area (Å²) in [6.45, 7) is 4.99. The van der Waals surface area contributed by atoms with E-state index in [4.69, 9.17) is 0 Å². The average molecular weight is 385 g/mol. The third-order valence-corrected chi connectivity index (χ3v) is 8.56. The van der Waals surface area contributed by atoms with Gasteiger partial charge in [0.05, 0.1) is 0 Å². The molecular formula is C18H28N2OS3. The Kier molecular flexibility index (Phi) is 7.83. The van der Waals surface area contributed by atoms with Crippen LogP contribution in [0.2, 0.25) is 0 Å². The fourth-order valence-electron chi connectivity index (χ4n) is 3.39. The van der Waals surface area contributed by atoms with Crippen molar-refractivity contribution in [3.8, 4) is 0 Å². The van der Waals surface area contributed by atoms with Crippen molar-refractivity contribution in [2.75, 3.05) is 31.9 Å². The molecule has 24 heavy (non-hydrogen) atoms. The first-order valence-corrected chi connectivity index (χ1v) is 12.4. The van der Waals surface area contributed by atoms with E-state index in [0.717, 1.165) is 57.2 Å². The molecule has 1 unspecified atom stereocenters. The van der Waals surface area contributed by atoms with Crippen LogP contribution in [0.4, 0.5) is 0 Å². The number of nitrogens with zero attached hydrogens (tertiary/aromatic N) is 2. The van der Waals surface area contributed by atoms with E-state index in [1.165, 1.54) is 30.6 Å². The number of carbonyl (C=O) groups is 1. The zero-order chi connectivity index (χ0) is 16.6. The molecule has 3 nitrogen and oxygen atoms in total. The fourth-order valence-corrected chi connectivity index (χ4v) is 7.08. The first kappa shape index (κ1) is 18.6. The highest BCUT2D eigenvalue weighted by Crippen LogP contribution is 2.39. The van der Waals surface area contributed by atoms with Gasteiger partial charge in [0, 0.05) is 50.1 Å². The largest absolute Gasteiger partial charge is 0.341 e. The smallest absolute Gasteiger partial charge is 0.222 e. The quantitative estimate of drug-likeness (QED) is 0.510. The van der Waals surface area contributed by atoms with Crippen LogP contribution in [0.5, 0.6) is 0 Å². The Hall–Kier alpha value is -0.170. The lowest BCUT2D eigenvalue weighted by Crippen LogP contribution is -2.34. The molecule has 0 bridgehead atoms. The second kappa shape index (κ2) is 10.1. The van der Waals surface area contributed by atoms with Crippen molar-refractivity contribution in [2.24, 2.45) is 0 Å². The maximum atomic E-state index is 12.5. The van der Waals surface area contributed by atoms with Crippen LogP contribution in [0.3, 0.4) is 0 Å². The van der Waals surface area contributed by atoms with E-state index in [1.807, 2.05) is 10.8 Å². The van der Waals surface area contributed by atoms with Crippen LogP contribution in [0.25, 0.3) is 0 Å². The first-order valence-electron chi connectivity index (χ1n) is 9.11. The second-order valence-electron chi connectivity index (χ2n) is 6.72. The van der Waals surface area contributed by atoms with E-state index in [-0.39, 0.29) is 0 Å². The maximum Gasteiger partial charge on any atom is 0.222 e. The normalized spacial score (nSPS) is 22.7. The van der Waals surface area contributed by atoms with Gasteiger partial charge in [-0.2, -0.15) is 11.3 Å². The van der Waals surface area contributed by atoms with E-state index in [2.05, 4.69) is 37.4 Å². The first-order chi connectivity index (χ1) is 11.8. The molecular weight excluding hydrogens is 356 g/mol. The van der Waals surface area contributed by atoms with Crippen LogP contribution in [-0.2, 0) is 11.3 Å². The lowest BCUT2D eigenvalue weighted by Gasteiger charge is -2.22. The van der Waals surface area contributed by atoms with Crippen molar-refractivity contribution in [1.29, 1.82) is 0 Å². The summed E-state index contributed by atoms with van der Waals surface area (Å²) >= 11 is 1.76. The molecule has 0 spiro atoms. The molecule has 0 aliphatic carbocycles. The molecule has 1 aromatic rings. The van der Waals surface area contributed by atoms with Gasteiger partial charge in [0.2, 0.25) is 5.91 Å². The molecule has 1 aromatic heterocycles. The Balaban J connectivity index is 1.33. The molecule has 2 aliphatic rings. The summed E-state index contributed by atoms with van der Waals surface area (Å²) in [4.78, 5) is 17.1. The SMILES string of the molecule is O=C(CCCCC1CCSS1)N1CCCN(Cc2ccsc2)CC1. The molecule has 2 aliphatic heterocycles. The van der Waals surface area contributed by atoms with Crippen LogP contribution in [0.1, 0.15) is 44.1 Å². The lowest BCUT2D eigenvalue weighted by molar-refractivity contribution is -0.131.